The van der Waals surface area contributed by atoms with E-state index in [9.17, 15) is 4.79 Å². The van der Waals surface area contributed by atoms with Crippen LogP contribution in [0.15, 0.2) is 30.3 Å². The number of carbonyl (C=O) groups excluding carboxylic acids is 1. The number of hydrogen-bond donors (Lipinski definition) is 1. The monoisotopic (exact) mass is 293 g/mol. The number of nitrogens with zero attached hydrogens (tertiary/aromatic N) is 1. The molecule has 1 saturated heterocycles. The highest BCUT2D eigenvalue weighted by Crippen LogP contribution is 2.14. The number of amides is 1. The van der Waals surface area contributed by atoms with Crippen LogP contribution in [0.2, 0.25) is 0 Å². The fourth-order valence-electron chi connectivity index (χ4n) is 1.95. The first-order valence-electron chi connectivity index (χ1n) is 6.68. The van der Waals surface area contributed by atoms with Crippen LogP contribution in [-0.2, 0) is 9.53 Å². The van der Waals surface area contributed by atoms with E-state index in [2.05, 4.69) is 12.6 Å². The van der Waals surface area contributed by atoms with Crippen LogP contribution in [0.5, 0.6) is 5.75 Å². The van der Waals surface area contributed by atoms with Crippen molar-refractivity contribution < 1.29 is 14.3 Å². The minimum Gasteiger partial charge on any atom is -0.494 e. The molecule has 108 valence electrons. The molecule has 0 N–H and O–H groups in total. The van der Waals surface area contributed by atoms with Crippen molar-refractivity contribution in [2.75, 3.05) is 26.3 Å². The van der Waals surface area contributed by atoms with Crippen molar-refractivity contribution in [2.45, 2.75) is 12.4 Å². The zero-order valence-electron chi connectivity index (χ0n) is 11.5. The van der Waals surface area contributed by atoms with E-state index in [4.69, 9.17) is 9.47 Å². The van der Waals surface area contributed by atoms with Crippen LogP contribution in [0.25, 0.3) is 6.08 Å². The summed E-state index contributed by atoms with van der Waals surface area (Å²) in [5.41, 5.74) is 0.782. The van der Waals surface area contributed by atoms with Gasteiger partial charge < -0.3 is 14.4 Å². The second-order valence-corrected chi connectivity index (χ2v) is 5.02. The van der Waals surface area contributed by atoms with E-state index in [1.54, 1.807) is 17.1 Å². The van der Waals surface area contributed by atoms with Gasteiger partial charge in [-0.3, -0.25) is 4.79 Å². The van der Waals surface area contributed by atoms with Crippen molar-refractivity contribution in [2.24, 2.45) is 0 Å². The van der Waals surface area contributed by atoms with Gasteiger partial charge in [0.2, 0.25) is 5.91 Å². The number of morpholine rings is 1. The summed E-state index contributed by atoms with van der Waals surface area (Å²) < 4.78 is 10.7. The third-order valence-corrected chi connectivity index (χ3v) is 3.28. The molecule has 0 spiro atoms. The van der Waals surface area contributed by atoms with Gasteiger partial charge >= 0.3 is 0 Å². The van der Waals surface area contributed by atoms with Crippen molar-refractivity contribution >= 4 is 24.6 Å². The molecule has 5 heteroatoms. The van der Waals surface area contributed by atoms with Gasteiger partial charge in [0.15, 0.2) is 0 Å². The van der Waals surface area contributed by atoms with Crippen molar-refractivity contribution in [1.82, 2.24) is 4.90 Å². The molecule has 1 aromatic carbocycles. The molecule has 1 heterocycles. The third kappa shape index (κ3) is 4.28. The highest BCUT2D eigenvalue weighted by Gasteiger charge is 2.19. The molecule has 1 aliphatic rings. The highest BCUT2D eigenvalue weighted by molar-refractivity contribution is 7.80. The van der Waals surface area contributed by atoms with E-state index < -0.39 is 0 Å². The van der Waals surface area contributed by atoms with Gasteiger partial charge in [0, 0.05) is 12.6 Å². The van der Waals surface area contributed by atoms with Crippen LogP contribution in [0, 0.1) is 0 Å². The number of thiol groups is 1. The third-order valence-electron chi connectivity index (χ3n) is 2.97. The predicted molar refractivity (Wildman–Crippen MR) is 82.0 cm³/mol. The summed E-state index contributed by atoms with van der Waals surface area (Å²) in [4.78, 5) is 13.8. The predicted octanol–water partition coefficient (Wildman–Crippen LogP) is 2.21. The van der Waals surface area contributed by atoms with Crippen LogP contribution >= 0.6 is 12.6 Å². The molecule has 0 bridgehead atoms. The zero-order valence-corrected chi connectivity index (χ0v) is 12.4. The van der Waals surface area contributed by atoms with Gasteiger partial charge in [-0.25, -0.2) is 0 Å². The molecule has 1 unspecified atom stereocenters. The second-order valence-electron chi connectivity index (χ2n) is 4.45. The van der Waals surface area contributed by atoms with Gasteiger partial charge in [0.1, 0.15) is 11.2 Å². The molecule has 0 saturated carbocycles. The normalized spacial score (nSPS) is 19.3. The van der Waals surface area contributed by atoms with Gasteiger partial charge in [0.05, 0.1) is 19.8 Å². The van der Waals surface area contributed by atoms with Crippen LogP contribution in [-0.4, -0.2) is 42.5 Å². The van der Waals surface area contributed by atoms with Gasteiger partial charge in [-0.15, -0.1) is 12.6 Å². The maximum atomic E-state index is 12.0. The summed E-state index contributed by atoms with van der Waals surface area (Å²) in [5, 5.41) is 0. The molecule has 1 aliphatic heterocycles. The molecule has 1 atom stereocenters. The molecule has 2 rings (SSSR count). The van der Waals surface area contributed by atoms with Crippen LogP contribution < -0.4 is 4.74 Å². The Hall–Kier alpha value is -1.46. The van der Waals surface area contributed by atoms with Gasteiger partial charge in [0.25, 0.3) is 0 Å². The molecular weight excluding hydrogens is 274 g/mol. The number of carbonyl (C=O) groups is 1. The summed E-state index contributed by atoms with van der Waals surface area (Å²) in [5.74, 6) is 0.823. The molecule has 4 nitrogen and oxygen atoms in total. The summed E-state index contributed by atoms with van der Waals surface area (Å²) in [6, 6.07) is 7.64. The fourth-order valence-corrected chi connectivity index (χ4v) is 2.25. The maximum absolute atomic E-state index is 12.0. The van der Waals surface area contributed by atoms with E-state index in [0.29, 0.717) is 26.3 Å². The Balaban J connectivity index is 1.92. The lowest BCUT2D eigenvalue weighted by atomic mass is 10.2. The average Bonchev–Trinajstić information content (AvgIpc) is 2.46. The van der Waals surface area contributed by atoms with Crippen LogP contribution in [0.3, 0.4) is 0 Å². The Bertz CT molecular complexity index is 473. The smallest absolute Gasteiger partial charge is 0.246 e. The quantitative estimate of drug-likeness (QED) is 0.683. The molecule has 20 heavy (non-hydrogen) atoms. The van der Waals surface area contributed by atoms with E-state index >= 15 is 0 Å². The first-order valence-corrected chi connectivity index (χ1v) is 7.20. The standard InChI is InChI=1S/C15H19NO3S/c1-2-18-13-6-3-12(4-7-13)5-8-14(17)16-9-10-19-15(20)11-16/h3-8,15,20H,2,9-11H2,1H3/b8-5+. The zero-order chi connectivity index (χ0) is 14.4. The largest absolute Gasteiger partial charge is 0.494 e. The first-order chi connectivity index (χ1) is 9.69. The topological polar surface area (TPSA) is 38.8 Å². The minimum atomic E-state index is -0.188. The number of benzene rings is 1. The minimum absolute atomic E-state index is 0.0127. The van der Waals surface area contributed by atoms with E-state index in [-0.39, 0.29) is 11.3 Å². The Kier molecular flexibility index (Phi) is 5.49. The van der Waals surface area contributed by atoms with Crippen molar-refractivity contribution in [1.29, 1.82) is 0 Å². The van der Waals surface area contributed by atoms with Crippen LogP contribution in [0.1, 0.15) is 12.5 Å². The Morgan fingerprint density at radius 3 is 2.90 bits per heavy atom. The summed E-state index contributed by atoms with van der Waals surface area (Å²) in [6.07, 6.45) is 3.39. The SMILES string of the molecule is CCOc1ccc(/C=C/C(=O)N2CCOC(S)C2)cc1. The lowest BCUT2D eigenvalue weighted by Gasteiger charge is -2.29. The van der Waals surface area contributed by atoms with Crippen molar-refractivity contribution in [3.63, 3.8) is 0 Å². The molecule has 1 aromatic rings. The number of rotatable bonds is 4. The Morgan fingerprint density at radius 1 is 1.50 bits per heavy atom. The summed E-state index contributed by atoms with van der Waals surface area (Å²) >= 11 is 4.23. The van der Waals surface area contributed by atoms with E-state index in [1.165, 1.54) is 0 Å². The van der Waals surface area contributed by atoms with Crippen molar-refractivity contribution in [3.05, 3.63) is 35.9 Å². The summed E-state index contributed by atoms with van der Waals surface area (Å²) in [7, 11) is 0. The van der Waals surface area contributed by atoms with Crippen LogP contribution in [0.4, 0.5) is 0 Å². The average molecular weight is 293 g/mol. The maximum Gasteiger partial charge on any atom is 0.246 e. The Morgan fingerprint density at radius 2 is 2.25 bits per heavy atom. The number of ether oxygens (including phenoxy) is 2. The molecule has 0 radical (unpaired) electrons. The van der Waals surface area contributed by atoms with Gasteiger partial charge in [-0.05, 0) is 30.7 Å². The first kappa shape index (κ1) is 14.9. The lowest BCUT2D eigenvalue weighted by Crippen LogP contribution is -2.43. The molecule has 0 aromatic heterocycles. The Labute approximate surface area is 124 Å². The van der Waals surface area contributed by atoms with Gasteiger partial charge in [-0.1, -0.05) is 12.1 Å². The van der Waals surface area contributed by atoms with Gasteiger partial charge in [-0.2, -0.15) is 0 Å². The molecule has 0 aliphatic carbocycles. The van der Waals surface area contributed by atoms with E-state index in [0.717, 1.165) is 11.3 Å². The molecular formula is C15H19NO3S. The van der Waals surface area contributed by atoms with Crippen molar-refractivity contribution in [3.8, 4) is 5.75 Å². The number of hydrogen-bond acceptors (Lipinski definition) is 4. The highest BCUT2D eigenvalue weighted by atomic mass is 32.1. The fraction of sp³-hybridized carbons (Fsp3) is 0.400. The second kappa shape index (κ2) is 7.36. The molecule has 1 fully saturated rings. The van der Waals surface area contributed by atoms with E-state index in [1.807, 2.05) is 31.2 Å². The molecule has 1 amide bonds. The lowest BCUT2D eigenvalue weighted by molar-refractivity contribution is -0.130. The summed E-state index contributed by atoms with van der Waals surface area (Å²) in [6.45, 7) is 4.27.